The van der Waals surface area contributed by atoms with Crippen LogP contribution in [-0.4, -0.2) is 107 Å². The van der Waals surface area contributed by atoms with Crippen molar-refractivity contribution in [1.29, 1.82) is 0 Å². The van der Waals surface area contributed by atoms with Crippen molar-refractivity contribution >= 4 is 76.3 Å². The number of thioether (sulfide) groups is 2. The van der Waals surface area contributed by atoms with Crippen LogP contribution < -0.4 is 5.32 Å². The van der Waals surface area contributed by atoms with Crippen LogP contribution >= 0.6 is 58.3 Å². The topological polar surface area (TPSA) is 143 Å². The number of β-lactam (4-membered cyclic amide) rings is 1. The van der Waals surface area contributed by atoms with Crippen LogP contribution in [0.5, 0.6) is 0 Å². The van der Waals surface area contributed by atoms with Gasteiger partial charge in [-0.2, -0.15) is 0 Å². The third kappa shape index (κ3) is 6.57. The van der Waals surface area contributed by atoms with Gasteiger partial charge < -0.3 is 20.1 Å². The van der Waals surface area contributed by atoms with Crippen LogP contribution in [0.3, 0.4) is 0 Å². The summed E-state index contributed by atoms with van der Waals surface area (Å²) in [6.07, 6.45) is -0.938. The number of alkyl halides is 3. The highest BCUT2D eigenvalue weighted by Crippen LogP contribution is 2.41. The fraction of sp³-hybridized carbons (Fsp3) is 0.625. The van der Waals surface area contributed by atoms with E-state index in [-0.39, 0.29) is 11.4 Å². The Labute approximate surface area is 212 Å². The third-order valence-corrected chi connectivity index (χ3v) is 7.23. The lowest BCUT2D eigenvalue weighted by molar-refractivity contribution is -0.149. The van der Waals surface area contributed by atoms with Gasteiger partial charge in [0.25, 0.3) is 5.91 Å². The Kier molecular flexibility index (Phi) is 8.61. The number of carboxylic acid groups (broad SMARTS) is 1. The van der Waals surface area contributed by atoms with Crippen molar-refractivity contribution in [2.75, 3.05) is 38.8 Å². The van der Waals surface area contributed by atoms with Gasteiger partial charge in [-0.3, -0.25) is 9.69 Å². The molecule has 1 saturated heterocycles. The number of aliphatic carboxylic acids is 1. The molecule has 2 atom stereocenters. The molecular weight excluding hydrogens is 541 g/mol. The van der Waals surface area contributed by atoms with Gasteiger partial charge >= 0.3 is 12.1 Å². The fourth-order valence-corrected chi connectivity index (χ4v) is 5.55. The second-order valence-electron chi connectivity index (χ2n) is 7.26. The Hall–Kier alpha value is -1.45. The first-order chi connectivity index (χ1) is 15.5. The summed E-state index contributed by atoms with van der Waals surface area (Å²) in [5, 5.41) is 23.8. The minimum atomic E-state index is -1.79. The molecule has 2 amide bonds. The summed E-state index contributed by atoms with van der Waals surface area (Å²) < 4.78 is 4.63. The predicted octanol–water partition coefficient (Wildman–Crippen LogP) is 1.05. The number of alkyl carbamates (subject to hydrolysis) is 1. The zero-order chi connectivity index (χ0) is 24.3. The van der Waals surface area contributed by atoms with Crippen molar-refractivity contribution in [2.24, 2.45) is 0 Å². The number of fused-ring (bicyclic) bond motifs is 1. The maximum absolute atomic E-state index is 12.6. The van der Waals surface area contributed by atoms with Crippen LogP contribution in [0.1, 0.15) is 0 Å². The number of likely N-dealkylation sites (N-methyl/N-ethyl adjacent to an activating group) is 1. The molecule has 182 valence electrons. The molecule has 1 fully saturated rings. The zero-order valence-electron chi connectivity index (χ0n) is 17.4. The van der Waals surface area contributed by atoms with E-state index in [1.54, 1.807) is 4.68 Å². The van der Waals surface area contributed by atoms with Crippen molar-refractivity contribution in [3.05, 3.63) is 11.3 Å². The average Bonchev–Trinajstić information content (AvgIpc) is 3.19. The normalized spacial score (nSPS) is 20.5. The molecule has 2 aliphatic rings. The first kappa shape index (κ1) is 26.2. The van der Waals surface area contributed by atoms with Crippen LogP contribution in [0.25, 0.3) is 0 Å². The van der Waals surface area contributed by atoms with Gasteiger partial charge in [-0.1, -0.05) is 46.6 Å². The lowest BCUT2D eigenvalue weighted by Crippen LogP contribution is -2.70. The Morgan fingerprint density at radius 1 is 1.39 bits per heavy atom. The molecule has 0 spiro atoms. The van der Waals surface area contributed by atoms with E-state index >= 15 is 0 Å². The van der Waals surface area contributed by atoms with E-state index in [1.807, 2.05) is 19.0 Å². The number of aromatic nitrogens is 4. The van der Waals surface area contributed by atoms with E-state index in [9.17, 15) is 19.5 Å². The van der Waals surface area contributed by atoms with Crippen molar-refractivity contribution in [3.8, 4) is 0 Å². The van der Waals surface area contributed by atoms with Crippen molar-refractivity contribution < 1.29 is 24.2 Å². The van der Waals surface area contributed by atoms with E-state index in [1.165, 1.54) is 28.4 Å². The molecule has 3 heterocycles. The number of carbonyl (C=O) groups excluding carboxylic acids is 2. The second kappa shape index (κ2) is 10.9. The van der Waals surface area contributed by atoms with Crippen molar-refractivity contribution in [2.45, 2.75) is 26.9 Å². The van der Waals surface area contributed by atoms with Crippen LogP contribution in [0.2, 0.25) is 0 Å². The highest BCUT2D eigenvalue weighted by atomic mass is 35.6. The molecule has 33 heavy (non-hydrogen) atoms. The molecule has 1 unspecified atom stereocenters. The van der Waals surface area contributed by atoms with Gasteiger partial charge in [-0.05, 0) is 30.1 Å². The van der Waals surface area contributed by atoms with Gasteiger partial charge in [-0.25, -0.2) is 14.3 Å². The first-order valence-electron chi connectivity index (χ1n) is 9.41. The van der Waals surface area contributed by atoms with E-state index in [0.717, 1.165) is 6.54 Å². The van der Waals surface area contributed by atoms with Gasteiger partial charge in [0.1, 0.15) is 23.7 Å². The minimum absolute atomic E-state index is 0.101. The number of ether oxygens (including phenoxy) is 1. The Morgan fingerprint density at radius 3 is 2.76 bits per heavy atom. The molecule has 3 rings (SSSR count). The number of hydrogen-bond donors (Lipinski definition) is 2. The molecule has 0 bridgehead atoms. The van der Waals surface area contributed by atoms with E-state index in [4.69, 9.17) is 39.5 Å². The monoisotopic (exact) mass is 559 g/mol. The highest BCUT2D eigenvalue weighted by molar-refractivity contribution is 8.01. The number of amides is 2. The summed E-state index contributed by atoms with van der Waals surface area (Å²) in [5.74, 6) is -1.15. The molecule has 2 N–H and O–H groups in total. The Bertz CT molecular complexity index is 955. The number of nitrogens with zero attached hydrogens (tertiary/aromatic N) is 6. The molecule has 17 heteroatoms. The number of halogens is 3. The van der Waals surface area contributed by atoms with Gasteiger partial charge in [0.05, 0.1) is 6.54 Å². The maximum atomic E-state index is 12.6. The maximum Gasteiger partial charge on any atom is 0.408 e. The summed E-state index contributed by atoms with van der Waals surface area (Å²) in [5.41, 5.74) is 0.456. The van der Waals surface area contributed by atoms with Gasteiger partial charge in [0, 0.05) is 18.1 Å². The van der Waals surface area contributed by atoms with E-state index in [0.29, 0.717) is 23.0 Å². The number of carboxylic acids is 1. The molecule has 1 aromatic rings. The highest BCUT2D eigenvalue weighted by Gasteiger charge is 2.54. The van der Waals surface area contributed by atoms with Crippen LogP contribution in [0.15, 0.2) is 16.4 Å². The smallest absolute Gasteiger partial charge is 0.408 e. The van der Waals surface area contributed by atoms with Gasteiger partial charge in [0.15, 0.2) is 0 Å². The summed E-state index contributed by atoms with van der Waals surface area (Å²) in [6, 6.07) is -0.945. The number of hydrogen-bond acceptors (Lipinski definition) is 10. The fourth-order valence-electron chi connectivity index (χ4n) is 3.00. The number of rotatable bonds is 9. The second-order valence-corrected chi connectivity index (χ2v) is 11.8. The SMILES string of the molecule is CN(C)CCn1nnnc1SCC1=C(C(=O)O)N2C(=O)C(NC(=O)OCC(Cl)(Cl)Cl)[C@H]2SC1. The van der Waals surface area contributed by atoms with Crippen LogP contribution in [-0.2, 0) is 20.9 Å². The van der Waals surface area contributed by atoms with E-state index < -0.39 is 39.8 Å². The summed E-state index contributed by atoms with van der Waals surface area (Å²) >= 11 is 19.2. The molecule has 1 aromatic heterocycles. The number of nitrogens with one attached hydrogen (secondary N) is 1. The molecule has 0 radical (unpaired) electrons. The third-order valence-electron chi connectivity index (χ3n) is 4.52. The lowest BCUT2D eigenvalue weighted by atomic mass is 10.0. The van der Waals surface area contributed by atoms with E-state index in [2.05, 4.69) is 20.8 Å². The summed E-state index contributed by atoms with van der Waals surface area (Å²) in [6.45, 7) is 0.817. The first-order valence-corrected chi connectivity index (χ1v) is 12.6. The van der Waals surface area contributed by atoms with Crippen LogP contribution in [0, 0.1) is 0 Å². The van der Waals surface area contributed by atoms with Crippen LogP contribution in [0.4, 0.5) is 4.79 Å². The molecule has 12 nitrogen and oxygen atoms in total. The quantitative estimate of drug-likeness (QED) is 0.254. The molecule has 0 aromatic carbocycles. The molecule has 2 aliphatic heterocycles. The molecule has 0 saturated carbocycles. The molecule has 0 aliphatic carbocycles. The van der Waals surface area contributed by atoms with Gasteiger partial charge in [0.2, 0.25) is 8.95 Å². The average molecular weight is 561 g/mol. The zero-order valence-corrected chi connectivity index (χ0v) is 21.3. The van der Waals surface area contributed by atoms with Crippen molar-refractivity contribution in [3.63, 3.8) is 0 Å². The van der Waals surface area contributed by atoms with Gasteiger partial charge in [-0.15, -0.1) is 16.9 Å². The number of carbonyl (C=O) groups is 3. The largest absolute Gasteiger partial charge is 0.477 e. The lowest BCUT2D eigenvalue weighted by Gasteiger charge is -2.49. The summed E-state index contributed by atoms with van der Waals surface area (Å²) in [4.78, 5) is 39.7. The molecular formula is C16H20Cl3N7O5S2. The number of tetrazole rings is 1. The summed E-state index contributed by atoms with van der Waals surface area (Å²) in [7, 11) is 3.87. The standard InChI is InChI=1S/C16H20Cl3N7O5S2/c1-24(2)3-4-25-14(21-22-23-25)33-6-8-5-32-12-9(11(27)26(12)10(8)13(28)29)20-15(30)31-7-16(17,18)19/h9,12H,3-7H2,1-2H3,(H,20,30)(H,28,29)/t9?,12-/m1/s1. The Balaban J connectivity index is 1.65. The minimum Gasteiger partial charge on any atom is -0.477 e. The predicted molar refractivity (Wildman–Crippen MR) is 123 cm³/mol. The Morgan fingerprint density at radius 2 is 2.12 bits per heavy atom. The van der Waals surface area contributed by atoms with Crippen molar-refractivity contribution in [1.82, 2.24) is 35.3 Å².